The molecule has 1 aliphatic rings. The lowest BCUT2D eigenvalue weighted by atomic mass is 9.94. The Morgan fingerprint density at radius 3 is 2.80 bits per heavy atom. The van der Waals surface area contributed by atoms with Crippen molar-refractivity contribution < 1.29 is 4.74 Å². The Hall–Kier alpha value is -1.38. The van der Waals surface area contributed by atoms with Crippen molar-refractivity contribution in [3.05, 3.63) is 35.9 Å². The first-order valence-corrected chi connectivity index (χ1v) is 5.18. The smallest absolute Gasteiger partial charge is 0.122 e. The maximum Gasteiger partial charge on any atom is 0.122 e. The molecule has 0 bridgehead atoms. The van der Waals surface area contributed by atoms with Crippen molar-refractivity contribution in [3.63, 3.8) is 0 Å². The molecule has 3 heteroatoms. The van der Waals surface area contributed by atoms with Gasteiger partial charge in [-0.25, -0.2) is 0 Å². The lowest BCUT2D eigenvalue weighted by molar-refractivity contribution is 0.0211. The first-order valence-electron chi connectivity index (χ1n) is 5.18. The Kier molecular flexibility index (Phi) is 3.45. The van der Waals surface area contributed by atoms with Gasteiger partial charge in [0, 0.05) is 7.05 Å². The van der Waals surface area contributed by atoms with Gasteiger partial charge >= 0.3 is 0 Å². The SMILES string of the molecule is C=CC1=C(/C=C(/N)NC)CCC(C)(C)O1. The summed E-state index contributed by atoms with van der Waals surface area (Å²) in [6, 6.07) is 0. The van der Waals surface area contributed by atoms with Gasteiger partial charge in [-0.1, -0.05) is 6.58 Å². The van der Waals surface area contributed by atoms with Crippen molar-refractivity contribution in [2.24, 2.45) is 5.73 Å². The van der Waals surface area contributed by atoms with Gasteiger partial charge in [-0.05, 0) is 44.4 Å². The van der Waals surface area contributed by atoms with Gasteiger partial charge in [-0.2, -0.15) is 0 Å². The van der Waals surface area contributed by atoms with Gasteiger partial charge in [-0.3, -0.25) is 0 Å². The van der Waals surface area contributed by atoms with E-state index in [4.69, 9.17) is 10.5 Å². The first kappa shape index (κ1) is 11.7. The summed E-state index contributed by atoms with van der Waals surface area (Å²) in [5.41, 5.74) is 6.72. The van der Waals surface area contributed by atoms with E-state index in [1.165, 1.54) is 0 Å². The van der Waals surface area contributed by atoms with Crippen LogP contribution in [0.15, 0.2) is 35.9 Å². The monoisotopic (exact) mass is 208 g/mol. The molecule has 0 saturated carbocycles. The summed E-state index contributed by atoms with van der Waals surface area (Å²) in [5, 5.41) is 2.89. The minimum absolute atomic E-state index is 0.102. The van der Waals surface area contributed by atoms with Crippen molar-refractivity contribution in [1.29, 1.82) is 0 Å². The summed E-state index contributed by atoms with van der Waals surface area (Å²) < 4.78 is 5.81. The molecule has 0 atom stereocenters. The van der Waals surface area contributed by atoms with E-state index in [1.807, 2.05) is 6.08 Å². The van der Waals surface area contributed by atoms with Crippen LogP contribution in [0.1, 0.15) is 26.7 Å². The highest BCUT2D eigenvalue weighted by Gasteiger charge is 2.26. The van der Waals surface area contributed by atoms with Crippen molar-refractivity contribution in [1.82, 2.24) is 5.32 Å². The number of ether oxygens (including phenoxy) is 1. The van der Waals surface area contributed by atoms with Gasteiger partial charge in [-0.15, -0.1) is 0 Å². The third-order valence-corrected chi connectivity index (χ3v) is 2.50. The van der Waals surface area contributed by atoms with E-state index in [0.717, 1.165) is 24.2 Å². The Labute approximate surface area is 91.7 Å². The zero-order valence-electron chi connectivity index (χ0n) is 9.76. The molecular weight excluding hydrogens is 188 g/mol. The summed E-state index contributed by atoms with van der Waals surface area (Å²) in [4.78, 5) is 0. The van der Waals surface area contributed by atoms with Crippen LogP contribution < -0.4 is 11.1 Å². The molecule has 0 aliphatic carbocycles. The lowest BCUT2D eigenvalue weighted by Crippen LogP contribution is -2.28. The Balaban J connectivity index is 2.95. The molecule has 1 rings (SSSR count). The Morgan fingerprint density at radius 1 is 1.60 bits per heavy atom. The molecule has 0 spiro atoms. The van der Waals surface area contributed by atoms with Crippen LogP contribution >= 0.6 is 0 Å². The van der Waals surface area contributed by atoms with E-state index in [1.54, 1.807) is 13.1 Å². The van der Waals surface area contributed by atoms with E-state index in [2.05, 4.69) is 25.7 Å². The van der Waals surface area contributed by atoms with Crippen LogP contribution in [0.4, 0.5) is 0 Å². The van der Waals surface area contributed by atoms with E-state index >= 15 is 0 Å². The van der Waals surface area contributed by atoms with Crippen molar-refractivity contribution in [3.8, 4) is 0 Å². The second-order valence-corrected chi connectivity index (χ2v) is 4.31. The van der Waals surface area contributed by atoms with Crippen LogP contribution in [0, 0.1) is 0 Å². The fourth-order valence-corrected chi connectivity index (χ4v) is 1.55. The van der Waals surface area contributed by atoms with Gasteiger partial charge < -0.3 is 15.8 Å². The van der Waals surface area contributed by atoms with Crippen LogP contribution in [0.5, 0.6) is 0 Å². The predicted octanol–water partition coefficient (Wildman–Crippen LogP) is 2.04. The molecule has 0 aromatic rings. The quantitative estimate of drug-likeness (QED) is 0.746. The van der Waals surface area contributed by atoms with Gasteiger partial charge in [0.05, 0.1) is 5.82 Å². The highest BCUT2D eigenvalue weighted by molar-refractivity contribution is 5.32. The molecule has 3 nitrogen and oxygen atoms in total. The maximum atomic E-state index is 5.81. The second kappa shape index (κ2) is 4.43. The van der Waals surface area contributed by atoms with Gasteiger partial charge in [0.1, 0.15) is 11.4 Å². The van der Waals surface area contributed by atoms with E-state index in [0.29, 0.717) is 5.82 Å². The van der Waals surface area contributed by atoms with E-state index < -0.39 is 0 Å². The van der Waals surface area contributed by atoms with Crippen LogP contribution in [-0.2, 0) is 4.74 Å². The molecule has 0 radical (unpaired) electrons. The number of nitrogens with one attached hydrogen (secondary N) is 1. The highest BCUT2D eigenvalue weighted by atomic mass is 16.5. The number of nitrogens with two attached hydrogens (primary N) is 1. The molecule has 0 saturated heterocycles. The van der Waals surface area contributed by atoms with Gasteiger partial charge in [0.15, 0.2) is 0 Å². The van der Waals surface area contributed by atoms with Crippen LogP contribution in [0.3, 0.4) is 0 Å². The summed E-state index contributed by atoms with van der Waals surface area (Å²) in [6.07, 6.45) is 5.62. The minimum Gasteiger partial charge on any atom is -0.488 e. The fourth-order valence-electron chi connectivity index (χ4n) is 1.55. The van der Waals surface area contributed by atoms with Crippen molar-refractivity contribution in [2.75, 3.05) is 7.05 Å². The Bertz CT molecular complexity index is 314. The third kappa shape index (κ3) is 3.05. The first-order chi connectivity index (χ1) is 6.98. The zero-order valence-corrected chi connectivity index (χ0v) is 9.76. The molecule has 3 N–H and O–H groups in total. The average Bonchev–Trinajstić information content (AvgIpc) is 2.20. The summed E-state index contributed by atoms with van der Waals surface area (Å²) in [7, 11) is 1.80. The van der Waals surface area contributed by atoms with Gasteiger partial charge in [0.25, 0.3) is 0 Å². The molecule has 1 heterocycles. The molecule has 0 fully saturated rings. The van der Waals surface area contributed by atoms with Crippen LogP contribution in [0.2, 0.25) is 0 Å². The van der Waals surface area contributed by atoms with E-state index in [9.17, 15) is 0 Å². The zero-order chi connectivity index (χ0) is 11.5. The summed E-state index contributed by atoms with van der Waals surface area (Å²) >= 11 is 0. The topological polar surface area (TPSA) is 47.3 Å². The number of hydrogen-bond acceptors (Lipinski definition) is 3. The molecule has 84 valence electrons. The number of hydrogen-bond donors (Lipinski definition) is 2. The molecule has 0 unspecified atom stereocenters. The largest absolute Gasteiger partial charge is 0.488 e. The summed E-state index contributed by atoms with van der Waals surface area (Å²) in [6.45, 7) is 7.92. The minimum atomic E-state index is -0.102. The molecule has 0 amide bonds. The van der Waals surface area contributed by atoms with Crippen LogP contribution in [0.25, 0.3) is 0 Å². The standard InChI is InChI=1S/C12H20N2O/c1-5-10-9(8-11(13)14-4)6-7-12(2,3)15-10/h5,8,14H,1,6-7,13H2,2-4H3/b11-8-. The van der Waals surface area contributed by atoms with Crippen molar-refractivity contribution in [2.45, 2.75) is 32.3 Å². The molecular formula is C12H20N2O. The second-order valence-electron chi connectivity index (χ2n) is 4.31. The number of allylic oxidation sites excluding steroid dienone is 3. The van der Waals surface area contributed by atoms with Gasteiger partial charge in [0.2, 0.25) is 0 Å². The normalized spacial score (nSPS) is 20.9. The lowest BCUT2D eigenvalue weighted by Gasteiger charge is -2.32. The summed E-state index contributed by atoms with van der Waals surface area (Å²) in [5.74, 6) is 1.48. The molecule has 0 aromatic heterocycles. The molecule has 1 aliphatic heterocycles. The number of rotatable bonds is 3. The predicted molar refractivity (Wildman–Crippen MR) is 63.0 cm³/mol. The average molecular weight is 208 g/mol. The molecule has 0 aromatic carbocycles. The molecule has 15 heavy (non-hydrogen) atoms. The van der Waals surface area contributed by atoms with E-state index in [-0.39, 0.29) is 5.60 Å². The third-order valence-electron chi connectivity index (χ3n) is 2.50. The van der Waals surface area contributed by atoms with Crippen molar-refractivity contribution >= 4 is 0 Å². The highest BCUT2D eigenvalue weighted by Crippen LogP contribution is 2.32. The Morgan fingerprint density at radius 2 is 2.27 bits per heavy atom. The maximum absolute atomic E-state index is 5.81. The van der Waals surface area contributed by atoms with Crippen LogP contribution in [-0.4, -0.2) is 12.6 Å². The fraction of sp³-hybridized carbons (Fsp3) is 0.500.